The maximum Gasteiger partial charge on any atom is 0.272 e. The second-order valence-electron chi connectivity index (χ2n) is 5.09. The minimum Gasteiger partial charge on any atom is -0.333 e. The van der Waals surface area contributed by atoms with Crippen molar-refractivity contribution in [1.29, 1.82) is 0 Å². The summed E-state index contributed by atoms with van der Waals surface area (Å²) < 4.78 is 0. The molecule has 0 N–H and O–H groups in total. The van der Waals surface area contributed by atoms with Gasteiger partial charge in [-0.2, -0.15) is 0 Å². The zero-order valence-electron chi connectivity index (χ0n) is 11.3. The largest absolute Gasteiger partial charge is 0.333 e. The fourth-order valence-corrected chi connectivity index (χ4v) is 2.78. The predicted octanol–water partition coefficient (Wildman–Crippen LogP) is 3.68. The van der Waals surface area contributed by atoms with E-state index in [1.165, 1.54) is 5.57 Å². The van der Waals surface area contributed by atoms with Crippen LogP contribution in [0.25, 0.3) is 10.8 Å². The van der Waals surface area contributed by atoms with Gasteiger partial charge in [-0.05, 0) is 24.8 Å². The van der Waals surface area contributed by atoms with E-state index in [2.05, 4.69) is 11.1 Å². The van der Waals surface area contributed by atoms with Crippen LogP contribution >= 0.6 is 11.6 Å². The van der Waals surface area contributed by atoms with Crippen molar-refractivity contribution in [3.63, 3.8) is 0 Å². The summed E-state index contributed by atoms with van der Waals surface area (Å²) in [6.45, 7) is 3.45. The van der Waals surface area contributed by atoms with E-state index in [4.69, 9.17) is 11.6 Å². The van der Waals surface area contributed by atoms with Gasteiger partial charge in [0.25, 0.3) is 5.91 Å². The summed E-state index contributed by atoms with van der Waals surface area (Å²) >= 11 is 6.18. The summed E-state index contributed by atoms with van der Waals surface area (Å²) in [6.07, 6.45) is 3.07. The molecule has 0 saturated carbocycles. The van der Waals surface area contributed by atoms with E-state index in [0.29, 0.717) is 17.4 Å². The molecule has 3 nitrogen and oxygen atoms in total. The van der Waals surface area contributed by atoms with Gasteiger partial charge in [0.1, 0.15) is 10.8 Å². The molecule has 1 aliphatic heterocycles. The molecule has 102 valence electrons. The van der Waals surface area contributed by atoms with Crippen LogP contribution in [0.15, 0.2) is 42.0 Å². The Balaban J connectivity index is 1.98. The van der Waals surface area contributed by atoms with Crippen LogP contribution < -0.4 is 0 Å². The molecule has 0 saturated heterocycles. The van der Waals surface area contributed by atoms with E-state index in [-0.39, 0.29) is 5.91 Å². The van der Waals surface area contributed by atoms with E-state index in [1.54, 1.807) is 0 Å². The molecule has 0 bridgehead atoms. The Morgan fingerprint density at radius 2 is 2.15 bits per heavy atom. The summed E-state index contributed by atoms with van der Waals surface area (Å²) in [5, 5.41) is 2.20. The van der Waals surface area contributed by atoms with Gasteiger partial charge in [0.2, 0.25) is 0 Å². The predicted molar refractivity (Wildman–Crippen MR) is 81.0 cm³/mol. The fourth-order valence-electron chi connectivity index (χ4n) is 2.51. The van der Waals surface area contributed by atoms with Gasteiger partial charge in [0.15, 0.2) is 0 Å². The van der Waals surface area contributed by atoms with Crippen LogP contribution in [-0.2, 0) is 0 Å². The third kappa shape index (κ3) is 2.41. The topological polar surface area (TPSA) is 33.2 Å². The van der Waals surface area contributed by atoms with Crippen LogP contribution in [0.1, 0.15) is 23.8 Å². The Morgan fingerprint density at radius 3 is 2.95 bits per heavy atom. The summed E-state index contributed by atoms with van der Waals surface area (Å²) in [6, 6.07) is 9.52. The van der Waals surface area contributed by atoms with Crippen molar-refractivity contribution in [1.82, 2.24) is 9.88 Å². The molecular formula is C16H15ClN2O. The molecule has 0 radical (unpaired) electrons. The van der Waals surface area contributed by atoms with Crippen LogP contribution in [0.3, 0.4) is 0 Å². The molecule has 0 atom stereocenters. The second-order valence-corrected chi connectivity index (χ2v) is 5.44. The van der Waals surface area contributed by atoms with Gasteiger partial charge in [-0.1, -0.05) is 47.5 Å². The molecular weight excluding hydrogens is 272 g/mol. The Hall–Kier alpha value is -1.87. The summed E-state index contributed by atoms with van der Waals surface area (Å²) in [5.74, 6) is -0.0508. The number of amides is 1. The highest BCUT2D eigenvalue weighted by molar-refractivity contribution is 6.34. The lowest BCUT2D eigenvalue weighted by Crippen LogP contribution is -2.35. The smallest absolute Gasteiger partial charge is 0.272 e. The Labute approximate surface area is 122 Å². The zero-order valence-corrected chi connectivity index (χ0v) is 12.0. The SMILES string of the molecule is CC1=CCCN(C(=O)c2cc3ccccc3c(Cl)n2)C1. The molecule has 4 heteroatoms. The lowest BCUT2D eigenvalue weighted by atomic mass is 10.1. The van der Waals surface area contributed by atoms with Crippen molar-refractivity contribution in [3.8, 4) is 0 Å². The van der Waals surface area contributed by atoms with Gasteiger partial charge in [0, 0.05) is 18.5 Å². The van der Waals surface area contributed by atoms with Gasteiger partial charge in [-0.15, -0.1) is 0 Å². The minimum absolute atomic E-state index is 0.0508. The average molecular weight is 287 g/mol. The molecule has 0 fully saturated rings. The summed E-state index contributed by atoms with van der Waals surface area (Å²) in [5.41, 5.74) is 1.64. The maximum atomic E-state index is 12.5. The molecule has 0 aliphatic carbocycles. The molecule has 2 aromatic rings. The number of aromatic nitrogens is 1. The molecule has 0 unspecified atom stereocenters. The number of pyridine rings is 1. The quantitative estimate of drug-likeness (QED) is 0.592. The van der Waals surface area contributed by atoms with E-state index in [9.17, 15) is 4.79 Å². The number of nitrogens with zero attached hydrogens (tertiary/aromatic N) is 2. The molecule has 20 heavy (non-hydrogen) atoms. The molecule has 1 amide bonds. The third-order valence-electron chi connectivity index (χ3n) is 3.53. The van der Waals surface area contributed by atoms with Gasteiger partial charge in [0.05, 0.1) is 0 Å². The van der Waals surface area contributed by atoms with Gasteiger partial charge >= 0.3 is 0 Å². The van der Waals surface area contributed by atoms with Gasteiger partial charge in [-0.25, -0.2) is 4.98 Å². The van der Waals surface area contributed by atoms with Crippen LogP contribution in [0, 0.1) is 0 Å². The first-order chi connectivity index (χ1) is 9.65. The van der Waals surface area contributed by atoms with Crippen molar-refractivity contribution in [2.75, 3.05) is 13.1 Å². The van der Waals surface area contributed by atoms with Crippen molar-refractivity contribution in [2.45, 2.75) is 13.3 Å². The third-order valence-corrected chi connectivity index (χ3v) is 3.82. The number of halogens is 1. The highest BCUT2D eigenvalue weighted by Gasteiger charge is 2.20. The number of carbonyl (C=O) groups is 1. The first-order valence-corrected chi connectivity index (χ1v) is 7.03. The molecule has 1 aromatic carbocycles. The van der Waals surface area contributed by atoms with Crippen molar-refractivity contribution in [2.24, 2.45) is 0 Å². The normalized spacial score (nSPS) is 15.3. The van der Waals surface area contributed by atoms with Crippen LogP contribution in [0.5, 0.6) is 0 Å². The van der Waals surface area contributed by atoms with E-state index >= 15 is 0 Å². The Bertz CT molecular complexity index is 709. The van der Waals surface area contributed by atoms with Crippen molar-refractivity contribution in [3.05, 3.63) is 52.8 Å². The maximum absolute atomic E-state index is 12.5. The lowest BCUT2D eigenvalue weighted by Gasteiger charge is -2.26. The van der Waals surface area contributed by atoms with Gasteiger partial charge < -0.3 is 4.90 Å². The van der Waals surface area contributed by atoms with Crippen molar-refractivity contribution >= 4 is 28.3 Å². The first-order valence-electron chi connectivity index (χ1n) is 6.65. The summed E-state index contributed by atoms with van der Waals surface area (Å²) in [4.78, 5) is 18.6. The van der Waals surface area contributed by atoms with Crippen LogP contribution in [0.2, 0.25) is 5.15 Å². The van der Waals surface area contributed by atoms with Crippen molar-refractivity contribution < 1.29 is 4.79 Å². The van der Waals surface area contributed by atoms with Gasteiger partial charge in [-0.3, -0.25) is 4.79 Å². The number of benzene rings is 1. The second kappa shape index (κ2) is 5.25. The van der Waals surface area contributed by atoms with Crippen LogP contribution in [-0.4, -0.2) is 28.9 Å². The molecule has 1 aliphatic rings. The first kappa shape index (κ1) is 13.1. The molecule has 1 aromatic heterocycles. The van der Waals surface area contributed by atoms with Crippen LogP contribution in [0.4, 0.5) is 0 Å². The molecule has 2 heterocycles. The Kier molecular flexibility index (Phi) is 3.45. The molecule has 0 spiro atoms. The number of carbonyl (C=O) groups excluding carboxylic acids is 1. The van der Waals surface area contributed by atoms with E-state index in [1.807, 2.05) is 42.2 Å². The lowest BCUT2D eigenvalue weighted by molar-refractivity contribution is 0.0760. The average Bonchev–Trinajstić information content (AvgIpc) is 2.46. The molecule has 3 rings (SSSR count). The number of hydrogen-bond donors (Lipinski definition) is 0. The van der Waals surface area contributed by atoms with E-state index in [0.717, 1.165) is 23.7 Å². The number of rotatable bonds is 1. The zero-order chi connectivity index (χ0) is 14.1. The monoisotopic (exact) mass is 286 g/mol. The minimum atomic E-state index is -0.0508. The number of hydrogen-bond acceptors (Lipinski definition) is 2. The highest BCUT2D eigenvalue weighted by atomic mass is 35.5. The summed E-state index contributed by atoms with van der Waals surface area (Å²) in [7, 11) is 0. The standard InChI is InChI=1S/C16H15ClN2O/c1-11-5-4-8-19(10-11)16(20)14-9-12-6-2-3-7-13(12)15(17)18-14/h2-3,5-7,9H,4,8,10H2,1H3. The Morgan fingerprint density at radius 1 is 1.35 bits per heavy atom. The highest BCUT2D eigenvalue weighted by Crippen LogP contribution is 2.23. The number of fused-ring (bicyclic) bond motifs is 1. The van der Waals surface area contributed by atoms with E-state index < -0.39 is 0 Å². The fraction of sp³-hybridized carbons (Fsp3) is 0.250.